The Morgan fingerprint density at radius 3 is 0.818 bits per heavy atom. The summed E-state index contributed by atoms with van der Waals surface area (Å²) < 4.78 is 19.0. The van der Waals surface area contributed by atoms with Gasteiger partial charge in [0.25, 0.3) is 0 Å². The van der Waals surface area contributed by atoms with Crippen LogP contribution in [0.5, 0.6) is 0 Å². The minimum absolute atomic E-state index is 0. The molecule has 0 aromatic heterocycles. The van der Waals surface area contributed by atoms with Crippen molar-refractivity contribution in [1.29, 1.82) is 0 Å². The molecule has 0 aliphatic rings. The molecule has 0 saturated heterocycles. The van der Waals surface area contributed by atoms with E-state index in [1.54, 1.807) is 0 Å². The molecule has 0 radical (unpaired) electrons. The Labute approximate surface area is 137 Å². The Kier molecular flexibility index (Phi) is 99.4. The van der Waals surface area contributed by atoms with Crippen LogP contribution in [0.4, 0.5) is 4.20 Å². The van der Waals surface area contributed by atoms with Gasteiger partial charge in [-0.25, -0.2) is 4.57 Å². The SMILES string of the molecule is O=P(O)(O)F.[LiH].[LiH].[LiH].[LiH].[LiH].[LiH]. The van der Waals surface area contributed by atoms with Crippen molar-refractivity contribution in [2.75, 3.05) is 0 Å². The number of hydrogen-bond donors (Lipinski definition) is 2. The zero-order valence-corrected chi connectivity index (χ0v) is 3.02. The molecule has 0 atom stereocenters. The van der Waals surface area contributed by atoms with Crippen molar-refractivity contribution in [3.05, 3.63) is 0 Å². The monoisotopic (exact) mass is 148 g/mol. The van der Waals surface area contributed by atoms with Gasteiger partial charge < -0.3 is 0 Å². The minimum atomic E-state index is -5.14. The zero-order chi connectivity index (χ0) is 4.50. The summed E-state index contributed by atoms with van der Waals surface area (Å²) in [5.74, 6) is 0. The molecule has 0 amide bonds. The number of rotatable bonds is 0. The van der Waals surface area contributed by atoms with Crippen LogP contribution < -0.4 is 0 Å². The second-order valence-corrected chi connectivity index (χ2v) is 1.42. The molecular formula is H8FLi6O3P. The summed E-state index contributed by atoms with van der Waals surface area (Å²) in [5.41, 5.74) is 0. The van der Waals surface area contributed by atoms with E-state index in [0.29, 0.717) is 0 Å². The molecule has 2 N–H and O–H groups in total. The van der Waals surface area contributed by atoms with E-state index in [1.807, 2.05) is 0 Å². The van der Waals surface area contributed by atoms with E-state index in [4.69, 9.17) is 14.4 Å². The van der Waals surface area contributed by atoms with Crippen molar-refractivity contribution < 1.29 is 18.5 Å². The van der Waals surface area contributed by atoms with Gasteiger partial charge in [-0.3, -0.25) is 9.79 Å². The molecule has 0 saturated carbocycles. The van der Waals surface area contributed by atoms with Crippen LogP contribution in [0.1, 0.15) is 0 Å². The van der Waals surface area contributed by atoms with Gasteiger partial charge in [0, 0.05) is 0 Å². The van der Waals surface area contributed by atoms with E-state index in [2.05, 4.69) is 0 Å². The van der Waals surface area contributed by atoms with Gasteiger partial charge >= 0.3 is 121 Å². The molecule has 0 spiro atoms. The first kappa shape index (κ1) is 46.6. The molecule has 44 valence electrons. The van der Waals surface area contributed by atoms with Gasteiger partial charge in [0.1, 0.15) is 0 Å². The molecule has 0 unspecified atom stereocenters. The van der Waals surface area contributed by atoms with Crippen molar-refractivity contribution in [3.63, 3.8) is 0 Å². The van der Waals surface area contributed by atoms with Crippen molar-refractivity contribution in [2.45, 2.75) is 0 Å². The molecule has 0 rings (SSSR count). The maximum atomic E-state index is 10.4. The van der Waals surface area contributed by atoms with Crippen molar-refractivity contribution >= 4 is 121 Å². The Morgan fingerprint density at radius 1 is 0.818 bits per heavy atom. The van der Waals surface area contributed by atoms with Crippen molar-refractivity contribution in [1.82, 2.24) is 0 Å². The predicted molar refractivity (Wildman–Crippen MR) is 56.0 cm³/mol. The number of halogens is 1. The van der Waals surface area contributed by atoms with E-state index >= 15 is 0 Å². The van der Waals surface area contributed by atoms with E-state index in [0.717, 1.165) is 0 Å². The summed E-state index contributed by atoms with van der Waals surface area (Å²) in [4.78, 5) is 13.9. The zero-order valence-electron chi connectivity index (χ0n) is 2.13. The first-order valence-electron chi connectivity index (χ1n) is 0.752. The van der Waals surface area contributed by atoms with E-state index in [1.165, 1.54) is 0 Å². The Morgan fingerprint density at radius 2 is 0.818 bits per heavy atom. The fourth-order valence-electron chi connectivity index (χ4n) is 0. The third-order valence-corrected chi connectivity index (χ3v) is 0. The van der Waals surface area contributed by atoms with E-state index in [9.17, 15) is 4.20 Å². The Hall–Kier alpha value is 3.66. The van der Waals surface area contributed by atoms with Crippen molar-refractivity contribution in [2.24, 2.45) is 0 Å². The third-order valence-electron chi connectivity index (χ3n) is 0. The van der Waals surface area contributed by atoms with Gasteiger partial charge in [-0.2, -0.15) is 0 Å². The van der Waals surface area contributed by atoms with Gasteiger partial charge in [-0.15, -0.1) is 4.20 Å². The second-order valence-electron chi connectivity index (χ2n) is 0.473. The summed E-state index contributed by atoms with van der Waals surface area (Å²) >= 11 is 0. The molecule has 11 heteroatoms. The second kappa shape index (κ2) is 23.5. The quantitative estimate of drug-likeness (QED) is 0.273. The average molecular weight is 148 g/mol. The molecule has 0 aromatic carbocycles. The van der Waals surface area contributed by atoms with Gasteiger partial charge in [0.05, 0.1) is 0 Å². The molecule has 0 aliphatic carbocycles. The Bertz CT molecular complexity index is 64.0. The summed E-state index contributed by atoms with van der Waals surface area (Å²) in [6.07, 6.45) is 0. The molecule has 0 heterocycles. The van der Waals surface area contributed by atoms with Gasteiger partial charge in [0.15, 0.2) is 0 Å². The van der Waals surface area contributed by atoms with Crippen LogP contribution in [0.3, 0.4) is 0 Å². The normalized spacial score (nSPS) is 5.36. The van der Waals surface area contributed by atoms with Crippen LogP contribution >= 0.6 is 7.91 Å². The molecule has 3 nitrogen and oxygen atoms in total. The third kappa shape index (κ3) is 138. The fraction of sp³-hybridized carbons (Fsp3) is 0. The van der Waals surface area contributed by atoms with Crippen LogP contribution in [-0.2, 0) is 4.57 Å². The van der Waals surface area contributed by atoms with Crippen LogP contribution in [-0.4, -0.2) is 123 Å². The molecule has 0 aliphatic heterocycles. The van der Waals surface area contributed by atoms with Gasteiger partial charge in [-0.1, -0.05) is 0 Å². The molecule has 11 heavy (non-hydrogen) atoms. The topological polar surface area (TPSA) is 57.5 Å². The van der Waals surface area contributed by atoms with Crippen LogP contribution in [0.15, 0.2) is 0 Å². The summed E-state index contributed by atoms with van der Waals surface area (Å²) in [5, 5.41) is 0. The molecule has 0 bridgehead atoms. The van der Waals surface area contributed by atoms with E-state index < -0.39 is 7.91 Å². The first-order valence-corrected chi connectivity index (χ1v) is 2.25. The van der Waals surface area contributed by atoms with E-state index in [-0.39, 0.29) is 113 Å². The summed E-state index contributed by atoms with van der Waals surface area (Å²) in [6.45, 7) is 0. The summed E-state index contributed by atoms with van der Waals surface area (Å²) in [6, 6.07) is 0. The fourth-order valence-corrected chi connectivity index (χ4v) is 0. The van der Waals surface area contributed by atoms with Crippen LogP contribution in [0.25, 0.3) is 0 Å². The Balaban J connectivity index is -0.00000000533. The molecular weight excluding hydrogens is 140 g/mol. The van der Waals surface area contributed by atoms with Gasteiger partial charge in [0.2, 0.25) is 0 Å². The average Bonchev–Trinajstić information content (AvgIpc) is 0.722. The summed E-state index contributed by atoms with van der Waals surface area (Å²) in [7, 11) is -5.14. The number of hydrogen-bond acceptors (Lipinski definition) is 1. The first-order chi connectivity index (χ1) is 2.00. The van der Waals surface area contributed by atoms with Crippen molar-refractivity contribution in [3.8, 4) is 0 Å². The van der Waals surface area contributed by atoms with Crippen LogP contribution in [0, 0.1) is 0 Å². The molecule has 0 aromatic rings. The maximum absolute atomic E-state index is 10.4. The standard InChI is InChI=1S/FH2O3P.6Li.6H/c1-5(2,3)4;;;;;;;;;;;;/h(H2,2,3,4);;;;;;;;;;;;. The van der Waals surface area contributed by atoms with Crippen LogP contribution in [0.2, 0.25) is 0 Å². The molecule has 0 fully saturated rings. The van der Waals surface area contributed by atoms with Gasteiger partial charge in [-0.05, 0) is 0 Å². The predicted octanol–water partition coefficient (Wildman–Crippen LogP) is -3.84.